The molecule has 4 rings (SSSR count). The van der Waals surface area contributed by atoms with E-state index in [1.54, 1.807) is 0 Å². The molecule has 244 valence electrons. The number of carbonyl (C=O) groups excluding carboxylic acids is 1. The lowest BCUT2D eigenvalue weighted by molar-refractivity contribution is -0.278. The van der Waals surface area contributed by atoms with E-state index in [-0.39, 0.29) is 12.7 Å². The van der Waals surface area contributed by atoms with E-state index in [0.717, 1.165) is 52.1 Å². The first-order valence-electron chi connectivity index (χ1n) is 16.9. The molecule has 1 amide bonds. The minimum Gasteiger partial charge on any atom is -0.440 e. The van der Waals surface area contributed by atoms with Gasteiger partial charge in [0.1, 0.15) is 12.7 Å². The molecule has 3 fully saturated rings. The molecule has 4 atom stereocenters. The summed E-state index contributed by atoms with van der Waals surface area (Å²) in [5.74, 6) is -2.01. The number of unbranched alkanes of at least 4 members (excludes halogenated alkanes) is 9. The van der Waals surface area contributed by atoms with E-state index in [4.69, 9.17) is 28.4 Å². The first-order chi connectivity index (χ1) is 20.9. The number of para-hydroxylation sites is 1. The number of hydrogen-bond acceptors (Lipinski definition) is 8. The second kappa shape index (κ2) is 17.7. The van der Waals surface area contributed by atoms with E-state index >= 15 is 0 Å². The van der Waals surface area contributed by atoms with Crippen LogP contribution in [0.25, 0.3) is 0 Å². The Hall–Kier alpha value is -1.75. The molecule has 0 aromatic heterocycles. The minimum atomic E-state index is -1.12. The van der Waals surface area contributed by atoms with Crippen LogP contribution in [-0.2, 0) is 28.4 Å². The summed E-state index contributed by atoms with van der Waals surface area (Å²) in [6.45, 7) is 11.2. The van der Waals surface area contributed by atoms with Gasteiger partial charge in [-0.2, -0.15) is 0 Å². The van der Waals surface area contributed by atoms with Gasteiger partial charge in [0.2, 0.25) is 5.79 Å². The van der Waals surface area contributed by atoms with Gasteiger partial charge < -0.3 is 28.4 Å². The molecule has 9 nitrogen and oxygen atoms in total. The Labute approximate surface area is 259 Å². The monoisotopic (exact) mass is 604 g/mol. The van der Waals surface area contributed by atoms with Crippen molar-refractivity contribution < 1.29 is 33.2 Å². The third-order valence-electron chi connectivity index (χ3n) is 8.55. The number of carbonyl (C=O) groups is 1. The number of nitrogens with one attached hydrogen (secondary N) is 1. The van der Waals surface area contributed by atoms with Crippen molar-refractivity contribution in [1.29, 1.82) is 0 Å². The van der Waals surface area contributed by atoms with E-state index in [0.29, 0.717) is 18.7 Å². The summed E-state index contributed by atoms with van der Waals surface area (Å²) in [6.07, 6.45) is 12.3. The van der Waals surface area contributed by atoms with Gasteiger partial charge in [0.05, 0.1) is 13.2 Å². The smallest absolute Gasteiger partial charge is 0.412 e. The van der Waals surface area contributed by atoms with Crippen molar-refractivity contribution in [2.75, 3.05) is 51.4 Å². The molecule has 0 saturated carbocycles. The molecule has 1 aromatic carbocycles. The van der Waals surface area contributed by atoms with E-state index < -0.39 is 29.9 Å². The summed E-state index contributed by atoms with van der Waals surface area (Å²) in [7, 11) is 0. The lowest BCUT2D eigenvalue weighted by Gasteiger charge is -2.29. The molecule has 3 aliphatic heterocycles. The molecule has 43 heavy (non-hydrogen) atoms. The highest BCUT2D eigenvalue weighted by Crippen LogP contribution is 2.47. The lowest BCUT2D eigenvalue weighted by Crippen LogP contribution is -2.46. The van der Waals surface area contributed by atoms with Crippen molar-refractivity contribution in [2.24, 2.45) is 0 Å². The Balaban J connectivity index is 1.29. The molecule has 3 aliphatic rings. The predicted octanol–water partition coefficient (Wildman–Crippen LogP) is 6.90. The number of nitrogens with zero attached hydrogens (tertiary/aromatic N) is 1. The van der Waals surface area contributed by atoms with E-state index in [2.05, 4.69) is 17.1 Å². The van der Waals surface area contributed by atoms with Crippen LogP contribution < -0.4 is 5.32 Å². The van der Waals surface area contributed by atoms with Crippen molar-refractivity contribution in [2.45, 2.75) is 128 Å². The Kier molecular flexibility index (Phi) is 14.0. The second-order valence-electron chi connectivity index (χ2n) is 12.7. The average Bonchev–Trinajstić information content (AvgIpc) is 3.41. The van der Waals surface area contributed by atoms with Crippen LogP contribution in [0.2, 0.25) is 0 Å². The second-order valence-corrected chi connectivity index (χ2v) is 12.7. The fourth-order valence-electron chi connectivity index (χ4n) is 6.37. The Morgan fingerprint density at radius 3 is 2.30 bits per heavy atom. The highest BCUT2D eigenvalue weighted by Gasteiger charge is 2.66. The molecule has 1 aromatic rings. The molecular weight excluding hydrogens is 548 g/mol. The van der Waals surface area contributed by atoms with Crippen LogP contribution in [0.1, 0.15) is 97.8 Å². The molecule has 0 unspecified atom stereocenters. The maximum atomic E-state index is 13.0. The average molecular weight is 605 g/mol. The van der Waals surface area contributed by atoms with Crippen molar-refractivity contribution in [1.82, 2.24) is 4.90 Å². The number of ether oxygens (including phenoxy) is 6. The van der Waals surface area contributed by atoms with E-state index in [9.17, 15) is 4.79 Å². The van der Waals surface area contributed by atoms with Crippen LogP contribution in [0.5, 0.6) is 0 Å². The van der Waals surface area contributed by atoms with E-state index in [1.807, 2.05) is 44.2 Å². The van der Waals surface area contributed by atoms with Crippen LogP contribution >= 0.6 is 0 Å². The number of fused-ring (bicyclic) bond motifs is 1. The first-order valence-corrected chi connectivity index (χ1v) is 16.9. The fraction of sp³-hybridized carbons (Fsp3) is 0.794. The van der Waals surface area contributed by atoms with Crippen LogP contribution in [0.15, 0.2) is 30.3 Å². The first kappa shape index (κ1) is 34.1. The number of amides is 1. The zero-order chi connectivity index (χ0) is 30.4. The molecule has 9 heteroatoms. The highest BCUT2D eigenvalue weighted by atomic mass is 16.9. The summed E-state index contributed by atoms with van der Waals surface area (Å²) in [4.78, 5) is 15.4. The highest BCUT2D eigenvalue weighted by molar-refractivity contribution is 5.84. The Morgan fingerprint density at radius 1 is 0.930 bits per heavy atom. The van der Waals surface area contributed by atoms with Gasteiger partial charge >= 0.3 is 6.09 Å². The number of morpholine rings is 1. The largest absolute Gasteiger partial charge is 0.440 e. The molecule has 0 spiro atoms. The summed E-state index contributed by atoms with van der Waals surface area (Å²) < 4.78 is 37.1. The van der Waals surface area contributed by atoms with Crippen LogP contribution in [0.3, 0.4) is 0 Å². The number of anilines is 1. The van der Waals surface area contributed by atoms with Crippen LogP contribution in [0, 0.1) is 0 Å². The lowest BCUT2D eigenvalue weighted by atomic mass is 10.0. The Morgan fingerprint density at radius 2 is 1.60 bits per heavy atom. The van der Waals surface area contributed by atoms with Gasteiger partial charge in [0.25, 0.3) is 0 Å². The van der Waals surface area contributed by atoms with Crippen molar-refractivity contribution in [3.05, 3.63) is 30.3 Å². The zero-order valence-electron chi connectivity index (χ0n) is 26.9. The Bertz CT molecular complexity index is 927. The zero-order valence-corrected chi connectivity index (χ0v) is 26.9. The normalized spacial score (nSPS) is 26.8. The summed E-state index contributed by atoms with van der Waals surface area (Å²) >= 11 is 0. The van der Waals surface area contributed by atoms with Crippen molar-refractivity contribution >= 4 is 11.8 Å². The summed E-state index contributed by atoms with van der Waals surface area (Å²) in [5.41, 5.74) is 0.672. The topological polar surface area (TPSA) is 87.7 Å². The van der Waals surface area contributed by atoms with Crippen LogP contribution in [-0.4, -0.2) is 86.9 Å². The molecule has 3 saturated heterocycles. The molecule has 0 bridgehead atoms. The van der Waals surface area contributed by atoms with Gasteiger partial charge in [-0.15, -0.1) is 0 Å². The molecule has 0 radical (unpaired) electrons. The van der Waals surface area contributed by atoms with Gasteiger partial charge in [0, 0.05) is 25.4 Å². The third kappa shape index (κ3) is 11.0. The maximum Gasteiger partial charge on any atom is 0.412 e. The van der Waals surface area contributed by atoms with Crippen molar-refractivity contribution in [3.63, 3.8) is 0 Å². The third-order valence-corrected chi connectivity index (χ3v) is 8.55. The van der Waals surface area contributed by atoms with Gasteiger partial charge in [-0.05, 0) is 51.8 Å². The maximum absolute atomic E-state index is 13.0. The number of hydrogen-bond donors (Lipinski definition) is 1. The molecular formula is C34H56N2O7. The van der Waals surface area contributed by atoms with Gasteiger partial charge in [0.15, 0.2) is 18.0 Å². The van der Waals surface area contributed by atoms with Gasteiger partial charge in [-0.25, -0.2) is 4.79 Å². The molecule has 0 aliphatic carbocycles. The predicted molar refractivity (Wildman–Crippen MR) is 167 cm³/mol. The van der Waals surface area contributed by atoms with Gasteiger partial charge in [-0.1, -0.05) is 82.9 Å². The standard InChI is InChI=1S/C34H56N2O7/c1-4-5-6-7-8-9-10-11-12-16-24-39-27-34-31(42-33(2,3)43-34)30(40-32(37)35-28-18-14-13-15-19-28)29(41-34)20-17-21-36-22-25-38-26-23-36/h13-15,18-19,29-31H,4-12,16-17,20-27H2,1-3H3,(H,35,37)/t29-,30+,31-,34-/m0/s1. The number of benzene rings is 1. The molecule has 3 heterocycles. The van der Waals surface area contributed by atoms with Gasteiger partial charge in [-0.3, -0.25) is 10.2 Å². The summed E-state index contributed by atoms with van der Waals surface area (Å²) in [6, 6.07) is 9.31. The van der Waals surface area contributed by atoms with E-state index in [1.165, 1.54) is 51.4 Å². The quantitative estimate of drug-likeness (QED) is 0.171. The minimum absolute atomic E-state index is 0.235. The molecule has 1 N–H and O–H groups in total. The summed E-state index contributed by atoms with van der Waals surface area (Å²) in [5, 5.41) is 2.84. The van der Waals surface area contributed by atoms with Crippen molar-refractivity contribution in [3.8, 4) is 0 Å². The fourth-order valence-corrected chi connectivity index (χ4v) is 6.37. The SMILES string of the molecule is CCCCCCCCCCCCOC[C@@]12O[C@@H](CCCN3CCOCC3)[C@@H](OC(=O)Nc3ccccc3)[C@@H]1OC(C)(C)O2. The van der Waals surface area contributed by atoms with Crippen LogP contribution in [0.4, 0.5) is 10.5 Å². The number of rotatable bonds is 19.